The SMILES string of the molecule is COc1ccc(C(Br)c2ccc(C)c(C)c2)cc1Cl. The number of alkyl halides is 1. The Morgan fingerprint density at radius 3 is 2.21 bits per heavy atom. The highest BCUT2D eigenvalue weighted by molar-refractivity contribution is 9.09. The second-order valence-electron chi connectivity index (χ2n) is 4.60. The summed E-state index contributed by atoms with van der Waals surface area (Å²) in [6, 6.07) is 12.3. The van der Waals surface area contributed by atoms with Crippen LogP contribution < -0.4 is 4.74 Å². The fraction of sp³-hybridized carbons (Fsp3) is 0.250. The molecule has 0 saturated carbocycles. The fourth-order valence-corrected chi connectivity index (χ4v) is 2.79. The molecule has 0 saturated heterocycles. The average Bonchev–Trinajstić information content (AvgIpc) is 2.41. The minimum atomic E-state index is 0.134. The maximum absolute atomic E-state index is 6.17. The summed E-state index contributed by atoms with van der Waals surface area (Å²) in [6.45, 7) is 4.24. The Kier molecular flexibility index (Phi) is 4.54. The van der Waals surface area contributed by atoms with E-state index in [1.165, 1.54) is 16.7 Å². The third-order valence-corrected chi connectivity index (χ3v) is 4.64. The molecule has 0 aliphatic heterocycles. The molecule has 2 aromatic rings. The van der Waals surface area contributed by atoms with Gasteiger partial charge >= 0.3 is 0 Å². The van der Waals surface area contributed by atoms with Gasteiger partial charge in [0.25, 0.3) is 0 Å². The second kappa shape index (κ2) is 5.98. The van der Waals surface area contributed by atoms with Gasteiger partial charge in [-0.1, -0.05) is 51.8 Å². The molecule has 0 bridgehead atoms. The van der Waals surface area contributed by atoms with E-state index < -0.39 is 0 Å². The van der Waals surface area contributed by atoms with Crippen molar-refractivity contribution < 1.29 is 4.74 Å². The lowest BCUT2D eigenvalue weighted by Gasteiger charge is -2.14. The van der Waals surface area contributed by atoms with Crippen LogP contribution in [-0.4, -0.2) is 7.11 Å². The monoisotopic (exact) mass is 338 g/mol. The highest BCUT2D eigenvalue weighted by Gasteiger charge is 2.13. The number of halogens is 2. The van der Waals surface area contributed by atoms with E-state index in [0.29, 0.717) is 10.8 Å². The molecule has 1 nitrogen and oxygen atoms in total. The average molecular weight is 340 g/mol. The lowest BCUT2D eigenvalue weighted by molar-refractivity contribution is 0.415. The number of benzene rings is 2. The first-order valence-electron chi connectivity index (χ1n) is 6.07. The highest BCUT2D eigenvalue weighted by Crippen LogP contribution is 2.35. The Morgan fingerprint density at radius 1 is 1.00 bits per heavy atom. The number of rotatable bonds is 3. The van der Waals surface area contributed by atoms with Gasteiger partial charge in [-0.2, -0.15) is 0 Å². The van der Waals surface area contributed by atoms with Crippen LogP contribution in [0.1, 0.15) is 27.1 Å². The maximum Gasteiger partial charge on any atom is 0.137 e. The van der Waals surface area contributed by atoms with Crippen molar-refractivity contribution in [2.75, 3.05) is 7.11 Å². The molecule has 0 amide bonds. The van der Waals surface area contributed by atoms with Crippen LogP contribution in [0.3, 0.4) is 0 Å². The molecule has 0 fully saturated rings. The molecular weight excluding hydrogens is 324 g/mol. The van der Waals surface area contributed by atoms with Crippen LogP contribution in [0.15, 0.2) is 36.4 Å². The third-order valence-electron chi connectivity index (χ3n) is 3.29. The molecule has 0 spiro atoms. The summed E-state index contributed by atoms with van der Waals surface area (Å²) in [5.74, 6) is 0.699. The van der Waals surface area contributed by atoms with Gasteiger partial charge in [0.2, 0.25) is 0 Å². The zero-order valence-electron chi connectivity index (χ0n) is 11.2. The topological polar surface area (TPSA) is 9.23 Å². The van der Waals surface area contributed by atoms with Crippen molar-refractivity contribution in [2.24, 2.45) is 0 Å². The van der Waals surface area contributed by atoms with E-state index in [0.717, 1.165) is 5.56 Å². The van der Waals surface area contributed by atoms with E-state index in [-0.39, 0.29) is 4.83 Å². The van der Waals surface area contributed by atoms with Crippen LogP contribution >= 0.6 is 27.5 Å². The third kappa shape index (κ3) is 3.13. The van der Waals surface area contributed by atoms with Gasteiger partial charge in [0.05, 0.1) is 17.0 Å². The maximum atomic E-state index is 6.17. The Bertz CT molecular complexity index is 595. The number of ether oxygens (including phenoxy) is 1. The van der Waals surface area contributed by atoms with Gasteiger partial charge in [-0.05, 0) is 48.2 Å². The van der Waals surface area contributed by atoms with Gasteiger partial charge in [0, 0.05) is 0 Å². The molecule has 3 heteroatoms. The molecule has 0 aliphatic carbocycles. The van der Waals surface area contributed by atoms with E-state index in [2.05, 4.69) is 48.0 Å². The molecular formula is C16H16BrClO. The summed E-state index contributed by atoms with van der Waals surface area (Å²) in [6.07, 6.45) is 0. The van der Waals surface area contributed by atoms with Gasteiger partial charge in [-0.25, -0.2) is 0 Å². The molecule has 0 aliphatic rings. The number of hydrogen-bond acceptors (Lipinski definition) is 1. The number of hydrogen-bond donors (Lipinski definition) is 0. The lowest BCUT2D eigenvalue weighted by Crippen LogP contribution is -1.95. The van der Waals surface area contributed by atoms with E-state index in [1.54, 1.807) is 7.11 Å². The van der Waals surface area contributed by atoms with Gasteiger partial charge in [0.15, 0.2) is 0 Å². The van der Waals surface area contributed by atoms with E-state index >= 15 is 0 Å². The van der Waals surface area contributed by atoms with Crippen LogP contribution in [0, 0.1) is 13.8 Å². The van der Waals surface area contributed by atoms with Crippen LogP contribution in [0.5, 0.6) is 5.75 Å². The first kappa shape index (κ1) is 14.4. The van der Waals surface area contributed by atoms with Crippen LogP contribution in [-0.2, 0) is 0 Å². The van der Waals surface area contributed by atoms with E-state index in [9.17, 15) is 0 Å². The zero-order chi connectivity index (χ0) is 14.0. The van der Waals surface area contributed by atoms with E-state index in [1.807, 2.05) is 18.2 Å². The predicted octanol–water partition coefficient (Wildman–Crippen LogP) is 5.45. The molecule has 19 heavy (non-hydrogen) atoms. The molecule has 1 unspecified atom stereocenters. The van der Waals surface area contributed by atoms with Crippen molar-refractivity contribution in [3.63, 3.8) is 0 Å². The smallest absolute Gasteiger partial charge is 0.137 e. The van der Waals surface area contributed by atoms with Gasteiger partial charge < -0.3 is 4.74 Å². The largest absolute Gasteiger partial charge is 0.495 e. The molecule has 2 aromatic carbocycles. The molecule has 2 rings (SSSR count). The van der Waals surface area contributed by atoms with Crippen LogP contribution in [0.25, 0.3) is 0 Å². The molecule has 1 atom stereocenters. The Balaban J connectivity index is 2.35. The van der Waals surface area contributed by atoms with Gasteiger partial charge in [-0.3, -0.25) is 0 Å². The standard InChI is InChI=1S/C16H16BrClO/c1-10-4-5-12(8-11(10)2)16(17)13-6-7-15(19-3)14(18)9-13/h4-9,16H,1-3H3. The Hall–Kier alpha value is -0.990. The summed E-state index contributed by atoms with van der Waals surface area (Å²) in [4.78, 5) is 0.134. The number of methoxy groups -OCH3 is 1. The highest BCUT2D eigenvalue weighted by atomic mass is 79.9. The molecule has 100 valence electrons. The molecule has 0 aromatic heterocycles. The van der Waals surface area contributed by atoms with Gasteiger partial charge in [-0.15, -0.1) is 0 Å². The van der Waals surface area contributed by atoms with E-state index in [4.69, 9.17) is 16.3 Å². The first-order valence-corrected chi connectivity index (χ1v) is 7.37. The van der Waals surface area contributed by atoms with Gasteiger partial charge in [0.1, 0.15) is 5.75 Å². The summed E-state index contributed by atoms with van der Waals surface area (Å²) in [5.41, 5.74) is 4.94. The summed E-state index contributed by atoms with van der Waals surface area (Å²) in [5, 5.41) is 0.633. The minimum absolute atomic E-state index is 0.134. The lowest BCUT2D eigenvalue weighted by atomic mass is 10.0. The normalized spacial score (nSPS) is 12.3. The zero-order valence-corrected chi connectivity index (χ0v) is 13.5. The number of aryl methyl sites for hydroxylation is 2. The van der Waals surface area contributed by atoms with Crippen molar-refractivity contribution in [3.05, 3.63) is 63.7 Å². The fourth-order valence-electron chi connectivity index (χ4n) is 1.95. The quantitative estimate of drug-likeness (QED) is 0.676. The van der Waals surface area contributed by atoms with Crippen molar-refractivity contribution in [1.29, 1.82) is 0 Å². The Morgan fingerprint density at radius 2 is 1.63 bits per heavy atom. The van der Waals surface area contributed by atoms with Crippen molar-refractivity contribution >= 4 is 27.5 Å². The van der Waals surface area contributed by atoms with Crippen molar-refractivity contribution in [1.82, 2.24) is 0 Å². The molecule has 0 heterocycles. The second-order valence-corrected chi connectivity index (χ2v) is 5.92. The Labute approximate surface area is 127 Å². The summed E-state index contributed by atoms with van der Waals surface area (Å²) >= 11 is 9.91. The molecule has 0 radical (unpaired) electrons. The minimum Gasteiger partial charge on any atom is -0.495 e. The summed E-state index contributed by atoms with van der Waals surface area (Å²) < 4.78 is 5.17. The summed E-state index contributed by atoms with van der Waals surface area (Å²) in [7, 11) is 1.62. The molecule has 0 N–H and O–H groups in total. The van der Waals surface area contributed by atoms with Crippen molar-refractivity contribution in [2.45, 2.75) is 18.7 Å². The van der Waals surface area contributed by atoms with Crippen LogP contribution in [0.2, 0.25) is 5.02 Å². The first-order chi connectivity index (χ1) is 9.02. The van der Waals surface area contributed by atoms with Crippen molar-refractivity contribution in [3.8, 4) is 5.75 Å². The van der Waals surface area contributed by atoms with Crippen LogP contribution in [0.4, 0.5) is 0 Å². The predicted molar refractivity (Wildman–Crippen MR) is 84.7 cm³/mol.